The van der Waals surface area contributed by atoms with Crippen molar-refractivity contribution in [2.75, 3.05) is 13.7 Å². The van der Waals surface area contributed by atoms with Crippen LogP contribution in [0, 0.1) is 6.92 Å². The third kappa shape index (κ3) is 4.92. The summed E-state index contributed by atoms with van der Waals surface area (Å²) in [6.45, 7) is 11.9. The Morgan fingerprint density at radius 2 is 1.82 bits per heavy atom. The lowest BCUT2D eigenvalue weighted by atomic mass is 9.90. The molecule has 0 aromatic carbocycles. The van der Waals surface area contributed by atoms with Gasteiger partial charge in [0, 0.05) is 18.6 Å². The number of hydrogen-bond acceptors (Lipinski definition) is 5. The summed E-state index contributed by atoms with van der Waals surface area (Å²) >= 11 is 0. The summed E-state index contributed by atoms with van der Waals surface area (Å²) in [6.07, 6.45) is 4.14. The molecule has 1 aliphatic carbocycles. The van der Waals surface area contributed by atoms with Gasteiger partial charge in [0.2, 0.25) is 5.88 Å². The minimum absolute atomic E-state index is 0.465. The molecule has 0 bridgehead atoms. The molecule has 1 aliphatic rings. The molecule has 1 saturated carbocycles. The van der Waals surface area contributed by atoms with Crippen molar-refractivity contribution < 1.29 is 14.6 Å². The van der Waals surface area contributed by atoms with E-state index in [2.05, 4.69) is 9.97 Å². The minimum atomic E-state index is -0.776. The molecular weight excluding hydrogens is 280 g/mol. The van der Waals surface area contributed by atoms with E-state index in [-0.39, 0.29) is 0 Å². The quantitative estimate of drug-likeness (QED) is 0.904. The number of hydrogen-bond donors (Lipinski definition) is 1. The average molecular weight is 310 g/mol. The van der Waals surface area contributed by atoms with Gasteiger partial charge in [-0.05, 0) is 54.4 Å². The Labute approximate surface area is 134 Å². The summed E-state index contributed by atoms with van der Waals surface area (Å²) in [5, 5.41) is 9.42. The monoisotopic (exact) mass is 310 g/mol. The summed E-state index contributed by atoms with van der Waals surface area (Å²) in [6, 6.07) is 0. The summed E-state index contributed by atoms with van der Waals surface area (Å²) in [4.78, 5) is 8.40. The van der Waals surface area contributed by atoms with Gasteiger partial charge in [-0.3, -0.25) is 0 Å². The van der Waals surface area contributed by atoms with Crippen LogP contribution in [-0.2, 0) is 4.74 Å². The second-order valence-electron chi connectivity index (χ2n) is 6.67. The summed E-state index contributed by atoms with van der Waals surface area (Å²) in [7, 11) is 1.60. The summed E-state index contributed by atoms with van der Waals surface area (Å²) < 4.78 is 10.5. The number of ether oxygens (including phenoxy) is 2. The first-order chi connectivity index (χ1) is 10.1. The van der Waals surface area contributed by atoms with Crippen LogP contribution >= 0.6 is 0 Å². The Morgan fingerprint density at radius 1 is 1.23 bits per heavy atom. The fraction of sp³-hybridized carbons (Fsp3) is 0.765. The third-order valence-corrected chi connectivity index (χ3v) is 4.31. The molecule has 0 spiro atoms. The van der Waals surface area contributed by atoms with E-state index in [4.69, 9.17) is 9.47 Å². The fourth-order valence-electron chi connectivity index (χ4n) is 1.75. The molecular formula is C17H30N2O3. The van der Waals surface area contributed by atoms with Gasteiger partial charge in [0.05, 0.1) is 23.5 Å². The molecule has 126 valence electrons. The van der Waals surface area contributed by atoms with Gasteiger partial charge in [-0.25, -0.2) is 9.97 Å². The molecule has 2 rings (SSSR count). The highest BCUT2D eigenvalue weighted by Crippen LogP contribution is 2.41. The Bertz CT molecular complexity index is 477. The van der Waals surface area contributed by atoms with Crippen LogP contribution in [0.25, 0.3) is 0 Å². The molecule has 5 nitrogen and oxygen atoms in total. The Kier molecular flexibility index (Phi) is 6.32. The molecule has 1 heterocycles. The first kappa shape index (κ1) is 18.8. The van der Waals surface area contributed by atoms with Crippen molar-refractivity contribution in [2.45, 2.75) is 71.5 Å². The van der Waals surface area contributed by atoms with E-state index in [1.165, 1.54) is 18.5 Å². The lowest BCUT2D eigenvalue weighted by molar-refractivity contribution is -0.129. The van der Waals surface area contributed by atoms with E-state index in [0.29, 0.717) is 12.5 Å². The zero-order chi connectivity index (χ0) is 17.0. The molecule has 0 radical (unpaired) electrons. The maximum atomic E-state index is 9.42. The number of aliphatic hydroxyl groups is 1. The van der Waals surface area contributed by atoms with Crippen molar-refractivity contribution in [1.82, 2.24) is 9.97 Å². The Hall–Kier alpha value is -1.20. The molecule has 0 saturated heterocycles. The van der Waals surface area contributed by atoms with E-state index in [0.717, 1.165) is 11.4 Å². The largest absolute Gasteiger partial charge is 0.478 e. The van der Waals surface area contributed by atoms with Crippen LogP contribution in [0.4, 0.5) is 0 Å². The van der Waals surface area contributed by atoms with Crippen LogP contribution in [0.2, 0.25) is 0 Å². The molecule has 1 aromatic rings. The third-order valence-electron chi connectivity index (χ3n) is 4.31. The molecule has 1 N–H and O–H groups in total. The second-order valence-corrected chi connectivity index (χ2v) is 6.67. The van der Waals surface area contributed by atoms with Crippen LogP contribution in [0.1, 0.15) is 64.6 Å². The Morgan fingerprint density at radius 3 is 2.18 bits per heavy atom. The van der Waals surface area contributed by atoms with Gasteiger partial charge in [-0.2, -0.15) is 0 Å². The molecule has 0 amide bonds. The lowest BCUT2D eigenvalue weighted by Crippen LogP contribution is -2.46. The Balaban J connectivity index is 0.000000239. The predicted molar refractivity (Wildman–Crippen MR) is 87.3 cm³/mol. The maximum absolute atomic E-state index is 9.42. The van der Waals surface area contributed by atoms with Crippen molar-refractivity contribution in [3.8, 4) is 5.88 Å². The van der Waals surface area contributed by atoms with E-state index >= 15 is 0 Å². The normalized spacial score (nSPS) is 15.1. The van der Waals surface area contributed by atoms with Crippen molar-refractivity contribution in [2.24, 2.45) is 0 Å². The van der Waals surface area contributed by atoms with E-state index in [1.54, 1.807) is 27.3 Å². The molecule has 0 unspecified atom stereocenters. The predicted octanol–water partition coefficient (Wildman–Crippen LogP) is 3.24. The van der Waals surface area contributed by atoms with E-state index < -0.39 is 11.2 Å². The zero-order valence-corrected chi connectivity index (χ0v) is 14.9. The van der Waals surface area contributed by atoms with Gasteiger partial charge in [0.15, 0.2) is 0 Å². The van der Waals surface area contributed by atoms with Crippen LogP contribution in [0.15, 0.2) is 6.33 Å². The van der Waals surface area contributed by atoms with Crippen LogP contribution in [0.5, 0.6) is 5.88 Å². The SMILES string of the molecule is CCOc1ncnc(C2CC2)c1C.COC(C)(C)C(C)(C)O. The van der Waals surface area contributed by atoms with Gasteiger partial charge < -0.3 is 14.6 Å². The van der Waals surface area contributed by atoms with Gasteiger partial charge in [-0.1, -0.05) is 0 Å². The summed E-state index contributed by atoms with van der Waals surface area (Å²) in [5.74, 6) is 1.42. The maximum Gasteiger partial charge on any atom is 0.219 e. The minimum Gasteiger partial charge on any atom is -0.478 e. The fourth-order valence-corrected chi connectivity index (χ4v) is 1.75. The van der Waals surface area contributed by atoms with Crippen LogP contribution < -0.4 is 4.74 Å². The first-order valence-electron chi connectivity index (χ1n) is 7.85. The second kappa shape index (κ2) is 7.38. The molecule has 0 aliphatic heterocycles. The molecule has 1 fully saturated rings. The van der Waals surface area contributed by atoms with Crippen molar-refractivity contribution in [3.05, 3.63) is 17.6 Å². The van der Waals surface area contributed by atoms with Crippen LogP contribution in [-0.4, -0.2) is 40.0 Å². The average Bonchev–Trinajstić information content (AvgIpc) is 3.25. The summed E-state index contributed by atoms with van der Waals surface area (Å²) in [5.41, 5.74) is 1.06. The lowest BCUT2D eigenvalue weighted by Gasteiger charge is -2.35. The molecule has 5 heteroatoms. The standard InChI is InChI=1S/C10H14N2O.C7H16O2/c1-3-13-10-7(2)9(8-4-5-8)11-6-12-10;1-6(2,8)7(3,4)9-5/h6,8H,3-5H2,1-2H3;8H,1-5H3. The van der Waals surface area contributed by atoms with E-state index in [1.807, 2.05) is 27.7 Å². The van der Waals surface area contributed by atoms with Crippen molar-refractivity contribution >= 4 is 0 Å². The number of nitrogens with zero attached hydrogens (tertiary/aromatic N) is 2. The molecule has 22 heavy (non-hydrogen) atoms. The first-order valence-corrected chi connectivity index (χ1v) is 7.85. The van der Waals surface area contributed by atoms with Gasteiger partial charge in [-0.15, -0.1) is 0 Å². The number of methoxy groups -OCH3 is 1. The number of aromatic nitrogens is 2. The topological polar surface area (TPSA) is 64.5 Å². The van der Waals surface area contributed by atoms with E-state index in [9.17, 15) is 5.11 Å². The van der Waals surface area contributed by atoms with Crippen molar-refractivity contribution in [1.29, 1.82) is 0 Å². The van der Waals surface area contributed by atoms with Gasteiger partial charge >= 0.3 is 0 Å². The van der Waals surface area contributed by atoms with Crippen molar-refractivity contribution in [3.63, 3.8) is 0 Å². The highest BCUT2D eigenvalue weighted by Gasteiger charge is 2.34. The zero-order valence-electron chi connectivity index (χ0n) is 14.9. The highest BCUT2D eigenvalue weighted by molar-refractivity contribution is 5.32. The smallest absolute Gasteiger partial charge is 0.219 e. The van der Waals surface area contributed by atoms with Crippen LogP contribution in [0.3, 0.4) is 0 Å². The van der Waals surface area contributed by atoms with Gasteiger partial charge in [0.25, 0.3) is 0 Å². The highest BCUT2D eigenvalue weighted by atomic mass is 16.5. The number of rotatable bonds is 5. The molecule has 0 atom stereocenters. The molecule has 1 aromatic heterocycles. The van der Waals surface area contributed by atoms with Gasteiger partial charge in [0.1, 0.15) is 6.33 Å².